The van der Waals surface area contributed by atoms with Crippen molar-refractivity contribution in [3.8, 4) is 5.75 Å². The van der Waals surface area contributed by atoms with Gasteiger partial charge in [0.25, 0.3) is 0 Å². The zero-order valence-electron chi connectivity index (χ0n) is 16.3. The van der Waals surface area contributed by atoms with Crippen molar-refractivity contribution in [1.82, 2.24) is 5.32 Å². The Labute approximate surface area is 181 Å². The number of nitrogens with one attached hydrogen (secondary N) is 1. The highest BCUT2D eigenvalue weighted by Crippen LogP contribution is 2.27. The summed E-state index contributed by atoms with van der Waals surface area (Å²) in [5, 5.41) is 4.63. The van der Waals surface area contributed by atoms with Gasteiger partial charge in [-0.25, -0.2) is 4.39 Å². The van der Waals surface area contributed by atoms with E-state index in [1.807, 2.05) is 18.2 Å². The first kappa shape index (κ1) is 21.6. The summed E-state index contributed by atoms with van der Waals surface area (Å²) in [6, 6.07) is 20.5. The summed E-state index contributed by atoms with van der Waals surface area (Å²) in [6.07, 6.45) is 2.11. The number of hydrogen-bond donors (Lipinski definition) is 1. The third kappa shape index (κ3) is 6.20. The predicted octanol–water partition coefficient (Wildman–Crippen LogP) is 7.34. The summed E-state index contributed by atoms with van der Waals surface area (Å²) in [5.41, 5.74) is 2.96. The minimum Gasteiger partial charge on any atom is -0.489 e. The largest absolute Gasteiger partial charge is 0.489 e. The van der Waals surface area contributed by atoms with E-state index in [0.29, 0.717) is 16.6 Å². The van der Waals surface area contributed by atoms with Crippen LogP contribution in [-0.2, 0) is 13.2 Å². The van der Waals surface area contributed by atoms with Gasteiger partial charge < -0.3 is 10.1 Å². The summed E-state index contributed by atoms with van der Waals surface area (Å²) >= 11 is 12.3. The molecule has 0 aromatic heterocycles. The molecule has 3 aromatic rings. The molecule has 0 aliphatic heterocycles. The molecule has 0 heterocycles. The molecule has 1 unspecified atom stereocenters. The number of benzene rings is 3. The second-order valence-electron chi connectivity index (χ2n) is 6.91. The lowest BCUT2D eigenvalue weighted by Crippen LogP contribution is -2.21. The molecule has 0 saturated heterocycles. The standard InChI is InChI=1S/C24H24Cl2FNO/c1-2-6-23(17-7-4-3-5-8-17)28-15-19-13-20(25)10-12-24(19)29-16-18-9-11-21(27)14-22(18)26/h3-5,7-14,23,28H,2,6,15-16H2,1H3. The van der Waals surface area contributed by atoms with Crippen LogP contribution in [0.5, 0.6) is 5.75 Å². The van der Waals surface area contributed by atoms with Gasteiger partial charge >= 0.3 is 0 Å². The molecule has 0 spiro atoms. The number of ether oxygens (including phenoxy) is 1. The molecule has 0 bridgehead atoms. The maximum Gasteiger partial charge on any atom is 0.124 e. The Morgan fingerprint density at radius 3 is 2.48 bits per heavy atom. The summed E-state index contributed by atoms with van der Waals surface area (Å²) in [7, 11) is 0. The fourth-order valence-corrected chi connectivity index (χ4v) is 3.63. The molecule has 1 N–H and O–H groups in total. The lowest BCUT2D eigenvalue weighted by Gasteiger charge is -2.20. The van der Waals surface area contributed by atoms with E-state index in [4.69, 9.17) is 27.9 Å². The molecule has 0 saturated carbocycles. The van der Waals surface area contributed by atoms with Crippen molar-refractivity contribution in [2.24, 2.45) is 0 Å². The second kappa shape index (κ2) is 10.6. The van der Waals surface area contributed by atoms with Crippen molar-refractivity contribution in [2.45, 2.75) is 39.0 Å². The van der Waals surface area contributed by atoms with Crippen molar-refractivity contribution in [3.05, 3.63) is 99.3 Å². The van der Waals surface area contributed by atoms with Gasteiger partial charge in [0.05, 0.1) is 5.02 Å². The van der Waals surface area contributed by atoms with Crippen molar-refractivity contribution in [2.75, 3.05) is 0 Å². The minimum absolute atomic E-state index is 0.250. The Morgan fingerprint density at radius 2 is 1.76 bits per heavy atom. The van der Waals surface area contributed by atoms with Crippen LogP contribution >= 0.6 is 23.2 Å². The maximum absolute atomic E-state index is 13.2. The zero-order chi connectivity index (χ0) is 20.6. The van der Waals surface area contributed by atoms with Gasteiger partial charge in [0.2, 0.25) is 0 Å². The first-order chi connectivity index (χ1) is 14.1. The zero-order valence-corrected chi connectivity index (χ0v) is 17.8. The summed E-state index contributed by atoms with van der Waals surface area (Å²) < 4.78 is 19.2. The van der Waals surface area contributed by atoms with Crippen molar-refractivity contribution in [3.63, 3.8) is 0 Å². The Hall–Kier alpha value is -2.07. The average Bonchev–Trinajstić information content (AvgIpc) is 2.72. The van der Waals surface area contributed by atoms with Crippen LogP contribution in [0, 0.1) is 5.82 Å². The van der Waals surface area contributed by atoms with Gasteiger partial charge in [-0.2, -0.15) is 0 Å². The van der Waals surface area contributed by atoms with Crippen molar-refractivity contribution >= 4 is 23.2 Å². The van der Waals surface area contributed by atoms with E-state index in [1.165, 1.54) is 17.7 Å². The van der Waals surface area contributed by atoms with E-state index in [1.54, 1.807) is 12.1 Å². The third-order valence-electron chi connectivity index (χ3n) is 4.74. The molecule has 5 heteroatoms. The Bertz CT molecular complexity index is 933. The average molecular weight is 432 g/mol. The van der Waals surface area contributed by atoms with Crippen LogP contribution in [0.3, 0.4) is 0 Å². The fourth-order valence-electron chi connectivity index (χ4n) is 3.21. The second-order valence-corrected chi connectivity index (χ2v) is 7.75. The molecular weight excluding hydrogens is 408 g/mol. The maximum atomic E-state index is 13.2. The van der Waals surface area contributed by atoms with Gasteiger partial charge in [-0.05, 0) is 42.3 Å². The number of halogens is 3. The molecule has 3 rings (SSSR count). The highest BCUT2D eigenvalue weighted by molar-refractivity contribution is 6.31. The summed E-state index contributed by atoms with van der Waals surface area (Å²) in [6.45, 7) is 3.05. The van der Waals surface area contributed by atoms with Crippen LogP contribution in [0.2, 0.25) is 10.0 Å². The van der Waals surface area contributed by atoms with Crippen LogP contribution in [-0.4, -0.2) is 0 Å². The lowest BCUT2D eigenvalue weighted by molar-refractivity contribution is 0.301. The topological polar surface area (TPSA) is 21.3 Å². The molecule has 0 aliphatic rings. The quantitative estimate of drug-likeness (QED) is 0.382. The Kier molecular flexibility index (Phi) is 7.93. The van der Waals surface area contributed by atoms with Gasteiger partial charge in [0, 0.05) is 28.7 Å². The molecule has 3 aromatic carbocycles. The van der Waals surface area contributed by atoms with Crippen LogP contribution in [0.1, 0.15) is 42.5 Å². The van der Waals surface area contributed by atoms with Crippen LogP contribution in [0.15, 0.2) is 66.7 Å². The normalized spacial score (nSPS) is 12.0. The SMILES string of the molecule is CCCC(NCc1cc(Cl)ccc1OCc1ccc(F)cc1Cl)c1ccccc1. The minimum atomic E-state index is -0.363. The molecule has 0 radical (unpaired) electrons. The van der Waals surface area contributed by atoms with E-state index in [2.05, 4.69) is 36.5 Å². The molecule has 0 fully saturated rings. The van der Waals surface area contributed by atoms with Gasteiger partial charge in [-0.3, -0.25) is 0 Å². The first-order valence-electron chi connectivity index (χ1n) is 9.70. The Balaban J connectivity index is 1.72. The van der Waals surface area contributed by atoms with Crippen LogP contribution in [0.25, 0.3) is 0 Å². The molecule has 1 atom stereocenters. The Morgan fingerprint density at radius 1 is 0.966 bits per heavy atom. The van der Waals surface area contributed by atoms with E-state index >= 15 is 0 Å². The highest BCUT2D eigenvalue weighted by Gasteiger charge is 2.13. The first-order valence-corrected chi connectivity index (χ1v) is 10.5. The van der Waals surface area contributed by atoms with Crippen LogP contribution in [0.4, 0.5) is 4.39 Å². The monoisotopic (exact) mass is 431 g/mol. The number of rotatable bonds is 9. The molecule has 0 aliphatic carbocycles. The molecule has 152 valence electrons. The van der Waals surface area contributed by atoms with Gasteiger partial charge in [-0.15, -0.1) is 0 Å². The highest BCUT2D eigenvalue weighted by atomic mass is 35.5. The van der Waals surface area contributed by atoms with E-state index in [0.717, 1.165) is 29.7 Å². The van der Waals surface area contributed by atoms with Crippen molar-refractivity contribution < 1.29 is 9.13 Å². The molecule has 2 nitrogen and oxygen atoms in total. The van der Waals surface area contributed by atoms with Gasteiger partial charge in [0.1, 0.15) is 18.2 Å². The smallest absolute Gasteiger partial charge is 0.124 e. The molecule has 29 heavy (non-hydrogen) atoms. The predicted molar refractivity (Wildman–Crippen MR) is 118 cm³/mol. The lowest BCUT2D eigenvalue weighted by atomic mass is 10.0. The third-order valence-corrected chi connectivity index (χ3v) is 5.33. The van der Waals surface area contributed by atoms with E-state index in [-0.39, 0.29) is 18.5 Å². The molecule has 0 amide bonds. The van der Waals surface area contributed by atoms with Gasteiger partial charge in [-0.1, -0.05) is 72.9 Å². The van der Waals surface area contributed by atoms with Gasteiger partial charge in [0.15, 0.2) is 0 Å². The van der Waals surface area contributed by atoms with Crippen molar-refractivity contribution in [1.29, 1.82) is 0 Å². The summed E-state index contributed by atoms with van der Waals surface area (Å²) in [4.78, 5) is 0. The summed E-state index contributed by atoms with van der Waals surface area (Å²) in [5.74, 6) is 0.364. The van der Waals surface area contributed by atoms with E-state index < -0.39 is 0 Å². The number of hydrogen-bond acceptors (Lipinski definition) is 2. The van der Waals surface area contributed by atoms with Crippen LogP contribution < -0.4 is 10.1 Å². The fraction of sp³-hybridized carbons (Fsp3) is 0.250. The van der Waals surface area contributed by atoms with E-state index in [9.17, 15) is 4.39 Å². The molecular formula is C24H24Cl2FNO.